The second-order valence-corrected chi connectivity index (χ2v) is 7.87. The molecule has 2 aromatic carbocycles. The van der Waals surface area contributed by atoms with E-state index in [9.17, 15) is 9.59 Å². The van der Waals surface area contributed by atoms with Gasteiger partial charge in [0.15, 0.2) is 5.69 Å². The van der Waals surface area contributed by atoms with Gasteiger partial charge in [0.05, 0.1) is 23.0 Å². The molecule has 1 aromatic heterocycles. The standard InChI is InChI=1S/C24H25Cl2N3O4/c1-3-32-13-5-12-27-23(30)16-6-9-18(10-7-16)29-22(15-21(28-29)24(31)33-4-2)19-11-8-17(25)14-20(19)26/h6-11,14-15H,3-5,12-13H2,1-2H3,(H,27,30). The van der Waals surface area contributed by atoms with Gasteiger partial charge in [-0.05, 0) is 68.8 Å². The molecule has 174 valence electrons. The number of rotatable bonds is 10. The van der Waals surface area contributed by atoms with Crippen LogP contribution < -0.4 is 5.32 Å². The molecule has 0 fully saturated rings. The van der Waals surface area contributed by atoms with Gasteiger partial charge in [0, 0.05) is 35.9 Å². The van der Waals surface area contributed by atoms with Crippen molar-refractivity contribution in [3.05, 3.63) is 69.8 Å². The third kappa shape index (κ3) is 6.35. The van der Waals surface area contributed by atoms with Gasteiger partial charge in [0.25, 0.3) is 5.91 Å². The SMILES string of the molecule is CCOCCCNC(=O)c1ccc(-n2nc(C(=O)OCC)cc2-c2ccc(Cl)cc2Cl)cc1. The zero-order valence-electron chi connectivity index (χ0n) is 18.4. The maximum absolute atomic E-state index is 12.4. The Bertz CT molecular complexity index is 1110. The first-order valence-electron chi connectivity index (χ1n) is 10.6. The van der Waals surface area contributed by atoms with Gasteiger partial charge in [-0.25, -0.2) is 9.48 Å². The number of aromatic nitrogens is 2. The molecule has 0 unspecified atom stereocenters. The summed E-state index contributed by atoms with van der Waals surface area (Å²) >= 11 is 12.5. The molecular formula is C24H25Cl2N3O4. The largest absolute Gasteiger partial charge is 0.461 e. The highest BCUT2D eigenvalue weighted by Crippen LogP contribution is 2.32. The molecule has 1 heterocycles. The fourth-order valence-electron chi connectivity index (χ4n) is 3.15. The Hall–Kier alpha value is -2.87. The van der Waals surface area contributed by atoms with Gasteiger partial charge in [-0.15, -0.1) is 0 Å². The van der Waals surface area contributed by atoms with E-state index in [1.54, 1.807) is 60.1 Å². The van der Waals surface area contributed by atoms with E-state index in [-0.39, 0.29) is 18.2 Å². The molecule has 3 rings (SSSR count). The predicted octanol–water partition coefficient (Wildman–Crippen LogP) is 5.18. The average Bonchev–Trinajstić information content (AvgIpc) is 3.24. The summed E-state index contributed by atoms with van der Waals surface area (Å²) in [5, 5.41) is 8.21. The number of carbonyl (C=O) groups excluding carboxylic acids is 2. The van der Waals surface area contributed by atoms with Crippen LogP contribution in [0.4, 0.5) is 0 Å². The van der Waals surface area contributed by atoms with E-state index in [1.807, 2.05) is 6.92 Å². The summed E-state index contributed by atoms with van der Waals surface area (Å²) in [5.74, 6) is -0.711. The summed E-state index contributed by atoms with van der Waals surface area (Å²) in [5.41, 5.74) is 2.56. The molecule has 0 saturated carbocycles. The van der Waals surface area contributed by atoms with Crippen molar-refractivity contribution in [3.8, 4) is 16.9 Å². The number of amides is 1. The summed E-state index contributed by atoms with van der Waals surface area (Å²) in [6.45, 7) is 5.69. The lowest BCUT2D eigenvalue weighted by Gasteiger charge is -2.10. The topological polar surface area (TPSA) is 82.5 Å². The van der Waals surface area contributed by atoms with Gasteiger partial charge in [-0.2, -0.15) is 5.10 Å². The Kier molecular flexibility index (Phi) is 8.88. The number of hydrogen-bond donors (Lipinski definition) is 1. The van der Waals surface area contributed by atoms with Crippen molar-refractivity contribution in [1.29, 1.82) is 0 Å². The van der Waals surface area contributed by atoms with E-state index in [0.29, 0.717) is 52.3 Å². The quantitative estimate of drug-likeness (QED) is 0.313. The highest BCUT2D eigenvalue weighted by molar-refractivity contribution is 6.36. The second kappa shape index (κ2) is 11.8. The van der Waals surface area contributed by atoms with Gasteiger partial charge in [0.2, 0.25) is 0 Å². The molecule has 0 bridgehead atoms. The highest BCUT2D eigenvalue weighted by atomic mass is 35.5. The molecule has 3 aromatic rings. The molecule has 33 heavy (non-hydrogen) atoms. The predicted molar refractivity (Wildman–Crippen MR) is 128 cm³/mol. The van der Waals surface area contributed by atoms with E-state index in [2.05, 4.69) is 10.4 Å². The molecule has 0 radical (unpaired) electrons. The molecule has 1 N–H and O–H groups in total. The summed E-state index contributed by atoms with van der Waals surface area (Å²) < 4.78 is 12.0. The molecule has 1 amide bonds. The molecule has 9 heteroatoms. The highest BCUT2D eigenvalue weighted by Gasteiger charge is 2.19. The van der Waals surface area contributed by atoms with Crippen LogP contribution in [0.15, 0.2) is 48.5 Å². The number of hydrogen-bond acceptors (Lipinski definition) is 5. The lowest BCUT2D eigenvalue weighted by molar-refractivity contribution is 0.0518. The van der Waals surface area contributed by atoms with Gasteiger partial charge in [-0.1, -0.05) is 23.2 Å². The van der Waals surface area contributed by atoms with Crippen LogP contribution in [-0.2, 0) is 9.47 Å². The Balaban J connectivity index is 1.88. The summed E-state index contributed by atoms with van der Waals surface area (Å²) in [6.07, 6.45) is 0.743. The van der Waals surface area contributed by atoms with Crippen LogP contribution in [0.1, 0.15) is 41.1 Å². The summed E-state index contributed by atoms with van der Waals surface area (Å²) in [7, 11) is 0. The van der Waals surface area contributed by atoms with Gasteiger partial charge in [0.1, 0.15) is 0 Å². The Morgan fingerprint density at radius 1 is 1.03 bits per heavy atom. The Morgan fingerprint density at radius 2 is 1.79 bits per heavy atom. The lowest BCUT2D eigenvalue weighted by atomic mass is 10.1. The van der Waals surface area contributed by atoms with Crippen LogP contribution in [0.3, 0.4) is 0 Å². The maximum atomic E-state index is 12.4. The van der Waals surface area contributed by atoms with Crippen LogP contribution in [0.2, 0.25) is 10.0 Å². The van der Waals surface area contributed by atoms with Crippen LogP contribution in [0.25, 0.3) is 16.9 Å². The minimum absolute atomic E-state index is 0.147. The van der Waals surface area contributed by atoms with Crippen LogP contribution in [0.5, 0.6) is 0 Å². The van der Waals surface area contributed by atoms with Crippen molar-refractivity contribution >= 4 is 35.1 Å². The smallest absolute Gasteiger partial charge is 0.358 e. The summed E-state index contributed by atoms with van der Waals surface area (Å²) in [6, 6.07) is 13.6. The van der Waals surface area contributed by atoms with Crippen molar-refractivity contribution in [3.63, 3.8) is 0 Å². The Labute approximate surface area is 202 Å². The number of carbonyl (C=O) groups is 2. The van der Waals surface area contributed by atoms with Crippen LogP contribution in [0, 0.1) is 0 Å². The normalized spacial score (nSPS) is 10.8. The van der Waals surface area contributed by atoms with Crippen LogP contribution in [-0.4, -0.2) is 48.0 Å². The van der Waals surface area contributed by atoms with E-state index in [0.717, 1.165) is 6.42 Å². The van der Waals surface area contributed by atoms with Gasteiger partial charge < -0.3 is 14.8 Å². The first-order valence-corrected chi connectivity index (χ1v) is 11.4. The van der Waals surface area contributed by atoms with Crippen molar-refractivity contribution in [1.82, 2.24) is 15.1 Å². The van der Waals surface area contributed by atoms with Crippen molar-refractivity contribution in [2.24, 2.45) is 0 Å². The zero-order valence-corrected chi connectivity index (χ0v) is 19.9. The molecule has 0 spiro atoms. The van der Waals surface area contributed by atoms with Crippen LogP contribution >= 0.6 is 23.2 Å². The first kappa shape index (κ1) is 24.8. The fraction of sp³-hybridized carbons (Fsp3) is 0.292. The second-order valence-electron chi connectivity index (χ2n) is 7.02. The van der Waals surface area contributed by atoms with Crippen molar-refractivity contribution in [2.75, 3.05) is 26.4 Å². The number of nitrogens with one attached hydrogen (secondary N) is 1. The third-order valence-electron chi connectivity index (χ3n) is 4.73. The van der Waals surface area contributed by atoms with E-state index in [4.69, 9.17) is 32.7 Å². The van der Waals surface area contributed by atoms with Gasteiger partial charge >= 0.3 is 5.97 Å². The first-order chi connectivity index (χ1) is 15.9. The maximum Gasteiger partial charge on any atom is 0.358 e. The molecule has 0 aliphatic heterocycles. The fourth-order valence-corrected chi connectivity index (χ4v) is 3.65. The minimum atomic E-state index is -0.536. The number of ether oxygens (including phenoxy) is 2. The number of halogens is 2. The number of esters is 1. The van der Waals surface area contributed by atoms with Crippen molar-refractivity contribution < 1.29 is 19.1 Å². The number of benzene rings is 2. The Morgan fingerprint density at radius 3 is 2.45 bits per heavy atom. The molecule has 0 aliphatic carbocycles. The molecular weight excluding hydrogens is 465 g/mol. The molecule has 7 nitrogen and oxygen atoms in total. The summed E-state index contributed by atoms with van der Waals surface area (Å²) in [4.78, 5) is 24.7. The van der Waals surface area contributed by atoms with E-state index >= 15 is 0 Å². The average molecular weight is 490 g/mol. The van der Waals surface area contributed by atoms with Gasteiger partial charge in [-0.3, -0.25) is 4.79 Å². The third-order valence-corrected chi connectivity index (χ3v) is 5.28. The zero-order chi connectivity index (χ0) is 23.8. The van der Waals surface area contributed by atoms with E-state index < -0.39 is 5.97 Å². The molecule has 0 saturated heterocycles. The molecule has 0 aliphatic rings. The minimum Gasteiger partial charge on any atom is -0.461 e. The number of nitrogens with zero attached hydrogens (tertiary/aromatic N) is 2. The lowest BCUT2D eigenvalue weighted by Crippen LogP contribution is -2.25. The monoisotopic (exact) mass is 489 g/mol. The van der Waals surface area contributed by atoms with E-state index in [1.165, 1.54) is 0 Å². The molecule has 0 atom stereocenters. The van der Waals surface area contributed by atoms with Crippen molar-refractivity contribution in [2.45, 2.75) is 20.3 Å².